The number of amides is 1. The number of nitrogens with one attached hydrogen (secondary N) is 1. The molecule has 0 bridgehead atoms. The Bertz CT molecular complexity index is 1280. The third kappa shape index (κ3) is 3.65. The number of hydrogen-bond acceptors (Lipinski definition) is 8. The highest BCUT2D eigenvalue weighted by Crippen LogP contribution is 2.37. The van der Waals surface area contributed by atoms with Gasteiger partial charge in [0.25, 0.3) is 5.91 Å². The van der Waals surface area contributed by atoms with Crippen molar-refractivity contribution in [1.29, 1.82) is 5.26 Å². The highest BCUT2D eigenvalue weighted by molar-refractivity contribution is 6.13. The average molecular weight is 443 g/mol. The molecule has 2 heterocycles. The van der Waals surface area contributed by atoms with Crippen LogP contribution in [0.3, 0.4) is 0 Å². The van der Waals surface area contributed by atoms with Gasteiger partial charge in [-0.2, -0.15) is 15.2 Å². The molecule has 0 saturated heterocycles. The van der Waals surface area contributed by atoms with Gasteiger partial charge >= 0.3 is 0 Å². The van der Waals surface area contributed by atoms with Crippen LogP contribution in [0.2, 0.25) is 0 Å². The quantitative estimate of drug-likeness (QED) is 0.561. The number of likely N-dealkylation sites (N-methyl/N-ethyl adjacent to an activating group) is 1. The number of carbonyl (C=O) groups excluding carboxylic acids is 1. The number of aromatic nitrogens is 2. The fourth-order valence-corrected chi connectivity index (χ4v) is 4.43. The predicted octanol–water partition coefficient (Wildman–Crippen LogP) is 3.05. The van der Waals surface area contributed by atoms with Crippen molar-refractivity contribution in [3.63, 3.8) is 0 Å². The summed E-state index contributed by atoms with van der Waals surface area (Å²) in [5.41, 5.74) is 16.0. The molecule has 0 fully saturated rings. The molecule has 0 saturated carbocycles. The molecular formula is C24H26N8O. The molecule has 9 heteroatoms. The molecule has 1 aliphatic rings. The molecule has 9 nitrogen and oxygen atoms in total. The Hall–Kier alpha value is -4.32. The summed E-state index contributed by atoms with van der Waals surface area (Å²) in [5, 5.41) is 12.8. The summed E-state index contributed by atoms with van der Waals surface area (Å²) >= 11 is 0. The number of benzene rings is 2. The van der Waals surface area contributed by atoms with Gasteiger partial charge in [-0.25, -0.2) is 0 Å². The van der Waals surface area contributed by atoms with Crippen molar-refractivity contribution in [1.82, 2.24) is 9.97 Å². The Balaban J connectivity index is 1.85. The predicted molar refractivity (Wildman–Crippen MR) is 130 cm³/mol. The van der Waals surface area contributed by atoms with E-state index in [1.807, 2.05) is 76.4 Å². The van der Waals surface area contributed by atoms with Crippen LogP contribution in [0, 0.1) is 25.2 Å². The van der Waals surface area contributed by atoms with Gasteiger partial charge in [-0.1, -0.05) is 30.3 Å². The number of fused-ring (bicyclic) bond motifs is 1. The molecule has 168 valence electrons. The highest BCUT2D eigenvalue weighted by atomic mass is 16.2. The second kappa shape index (κ2) is 8.31. The largest absolute Gasteiger partial charge is 0.382 e. The van der Waals surface area contributed by atoms with Crippen molar-refractivity contribution in [2.45, 2.75) is 33.0 Å². The minimum Gasteiger partial charge on any atom is -0.382 e. The van der Waals surface area contributed by atoms with Gasteiger partial charge in [0.2, 0.25) is 5.95 Å². The Morgan fingerprint density at radius 3 is 2.42 bits per heavy atom. The minimum atomic E-state index is -0.433. The van der Waals surface area contributed by atoms with E-state index in [2.05, 4.69) is 20.2 Å². The Labute approximate surface area is 192 Å². The number of hydrogen-bond donors (Lipinski definition) is 3. The first kappa shape index (κ1) is 21.9. The summed E-state index contributed by atoms with van der Waals surface area (Å²) < 4.78 is 0. The third-order valence-electron chi connectivity index (χ3n) is 5.98. The number of nitrogen functional groups attached to an aromatic ring is 2. The Morgan fingerprint density at radius 2 is 1.73 bits per heavy atom. The number of aryl methyl sites for hydroxylation is 2. The van der Waals surface area contributed by atoms with E-state index in [9.17, 15) is 10.1 Å². The van der Waals surface area contributed by atoms with Crippen LogP contribution in [-0.4, -0.2) is 35.1 Å². The van der Waals surface area contributed by atoms with Gasteiger partial charge in [0.1, 0.15) is 23.6 Å². The van der Waals surface area contributed by atoms with E-state index in [1.165, 1.54) is 0 Å². The number of nitrogens with two attached hydrogens (primary N) is 2. The molecule has 33 heavy (non-hydrogen) atoms. The number of anilines is 5. The van der Waals surface area contributed by atoms with Crippen LogP contribution in [0.4, 0.5) is 29.0 Å². The maximum atomic E-state index is 13.9. The van der Waals surface area contributed by atoms with Gasteiger partial charge in [-0.15, -0.1) is 0 Å². The van der Waals surface area contributed by atoms with Crippen molar-refractivity contribution >= 4 is 34.9 Å². The standard InChI is InChI=1S/C24H26N8O/c1-13-8-5-6-10-17(13)32-22(31(4)18-11-7-9-14(2)19(18)23(32)33)15(3)28-21-16(12-25)20(26)29-24(27)30-21/h5-11,15,22H,1-4H3,(H5,26,27,28,29,30). The zero-order valence-electron chi connectivity index (χ0n) is 19.0. The van der Waals surface area contributed by atoms with E-state index in [-0.39, 0.29) is 35.1 Å². The number of nitrogens with zero attached hydrogens (tertiary/aromatic N) is 5. The van der Waals surface area contributed by atoms with E-state index >= 15 is 0 Å². The molecular weight excluding hydrogens is 416 g/mol. The first-order chi connectivity index (χ1) is 15.7. The minimum absolute atomic E-state index is 0.00417. The van der Waals surface area contributed by atoms with Gasteiger partial charge in [0.15, 0.2) is 5.82 Å². The first-order valence-electron chi connectivity index (χ1n) is 10.6. The molecule has 0 aliphatic carbocycles. The molecule has 1 aromatic heterocycles. The maximum Gasteiger partial charge on any atom is 0.262 e. The van der Waals surface area contributed by atoms with Gasteiger partial charge in [-0.05, 0) is 44.0 Å². The lowest BCUT2D eigenvalue weighted by atomic mass is 9.97. The van der Waals surface area contributed by atoms with E-state index in [0.717, 1.165) is 22.5 Å². The molecule has 5 N–H and O–H groups in total. The van der Waals surface area contributed by atoms with Crippen molar-refractivity contribution in [3.05, 3.63) is 64.7 Å². The summed E-state index contributed by atoms with van der Waals surface area (Å²) in [5.74, 6) is 0.113. The summed E-state index contributed by atoms with van der Waals surface area (Å²) in [6, 6.07) is 15.3. The van der Waals surface area contributed by atoms with Crippen molar-refractivity contribution in [2.24, 2.45) is 0 Å². The molecule has 4 rings (SSSR count). The lowest BCUT2D eigenvalue weighted by molar-refractivity contribution is 0.0966. The zero-order chi connectivity index (χ0) is 23.9. The lowest BCUT2D eigenvalue weighted by Gasteiger charge is -2.47. The van der Waals surface area contributed by atoms with Crippen LogP contribution < -0.4 is 26.6 Å². The van der Waals surface area contributed by atoms with Crippen LogP contribution >= 0.6 is 0 Å². The summed E-state index contributed by atoms with van der Waals surface area (Å²) in [4.78, 5) is 25.8. The van der Waals surface area contributed by atoms with Crippen LogP contribution in [0.25, 0.3) is 0 Å². The van der Waals surface area contributed by atoms with Crippen LogP contribution in [0.1, 0.15) is 34.0 Å². The molecule has 3 aromatic rings. The van der Waals surface area contributed by atoms with Gasteiger partial charge in [0, 0.05) is 12.7 Å². The summed E-state index contributed by atoms with van der Waals surface area (Å²) in [7, 11) is 1.95. The van der Waals surface area contributed by atoms with Crippen molar-refractivity contribution < 1.29 is 4.79 Å². The van der Waals surface area contributed by atoms with E-state index in [4.69, 9.17) is 11.5 Å². The second-order valence-electron chi connectivity index (χ2n) is 8.19. The number of para-hydroxylation sites is 1. The molecule has 0 spiro atoms. The summed E-state index contributed by atoms with van der Waals surface area (Å²) in [6.07, 6.45) is -0.433. The molecule has 2 aromatic carbocycles. The molecule has 1 aliphatic heterocycles. The normalized spacial score (nSPS) is 16.2. The number of nitriles is 1. The Kier molecular flexibility index (Phi) is 5.52. The van der Waals surface area contributed by atoms with Crippen molar-refractivity contribution in [2.75, 3.05) is 33.6 Å². The monoisotopic (exact) mass is 442 g/mol. The second-order valence-corrected chi connectivity index (χ2v) is 8.19. The fraction of sp³-hybridized carbons (Fsp3) is 0.250. The average Bonchev–Trinajstić information content (AvgIpc) is 2.76. The van der Waals surface area contributed by atoms with Crippen LogP contribution in [0.5, 0.6) is 0 Å². The fourth-order valence-electron chi connectivity index (χ4n) is 4.43. The number of rotatable bonds is 4. The van der Waals surface area contributed by atoms with Gasteiger partial charge in [0.05, 0.1) is 17.3 Å². The van der Waals surface area contributed by atoms with E-state index < -0.39 is 6.17 Å². The molecule has 2 atom stereocenters. The third-order valence-corrected chi connectivity index (χ3v) is 5.98. The smallest absolute Gasteiger partial charge is 0.262 e. The first-order valence-corrected chi connectivity index (χ1v) is 10.6. The summed E-state index contributed by atoms with van der Waals surface area (Å²) in [6.45, 7) is 5.84. The van der Waals surface area contributed by atoms with Crippen LogP contribution in [-0.2, 0) is 0 Å². The van der Waals surface area contributed by atoms with E-state index in [1.54, 1.807) is 4.90 Å². The lowest BCUT2D eigenvalue weighted by Crippen LogP contribution is -2.61. The van der Waals surface area contributed by atoms with Gasteiger partial charge < -0.3 is 21.7 Å². The van der Waals surface area contributed by atoms with Gasteiger partial charge in [-0.3, -0.25) is 9.69 Å². The van der Waals surface area contributed by atoms with Crippen LogP contribution in [0.15, 0.2) is 42.5 Å². The highest BCUT2D eigenvalue weighted by Gasteiger charge is 2.41. The zero-order valence-corrected chi connectivity index (χ0v) is 19.0. The number of carbonyl (C=O) groups is 1. The SMILES string of the molecule is Cc1ccccc1N1C(=O)c2c(C)cccc2N(C)C1C(C)Nc1nc(N)nc(N)c1C#N. The topological polar surface area (TPSA) is 137 Å². The maximum absolute atomic E-state index is 13.9. The van der Waals surface area contributed by atoms with E-state index in [0.29, 0.717) is 5.56 Å². The molecule has 0 radical (unpaired) electrons. The molecule has 1 amide bonds. The van der Waals surface area contributed by atoms with Crippen molar-refractivity contribution in [3.8, 4) is 6.07 Å². The Morgan fingerprint density at radius 1 is 1.06 bits per heavy atom. The molecule has 2 unspecified atom stereocenters.